The van der Waals surface area contributed by atoms with Gasteiger partial charge in [-0.2, -0.15) is 0 Å². The van der Waals surface area contributed by atoms with Crippen LogP contribution in [0.25, 0.3) is 11.0 Å². The van der Waals surface area contributed by atoms with Gasteiger partial charge in [0.2, 0.25) is 0 Å². The fourth-order valence-corrected chi connectivity index (χ4v) is 2.65. The van der Waals surface area contributed by atoms with Gasteiger partial charge in [-0.05, 0) is 31.4 Å². The number of hydrogen-bond donors (Lipinski definition) is 2. The summed E-state index contributed by atoms with van der Waals surface area (Å²) in [6.45, 7) is 10.4. The van der Waals surface area contributed by atoms with Crippen LogP contribution in [0.4, 0.5) is 0 Å². The third-order valence-electron chi connectivity index (χ3n) is 4.08. The molecule has 146 valence electrons. The van der Waals surface area contributed by atoms with E-state index in [1.165, 1.54) is 5.52 Å². The number of guanidine groups is 1. The monoisotopic (exact) mass is 473 g/mol. The van der Waals surface area contributed by atoms with Gasteiger partial charge in [0, 0.05) is 33.3 Å². The minimum Gasteiger partial charge on any atom is -0.380 e. The summed E-state index contributed by atoms with van der Waals surface area (Å²) >= 11 is 0. The lowest BCUT2D eigenvalue weighted by atomic mass is 10.1. The third kappa shape index (κ3) is 7.11. The zero-order valence-electron chi connectivity index (χ0n) is 16.3. The Balaban J connectivity index is 0.00000338. The lowest BCUT2D eigenvalue weighted by Gasteiger charge is -2.13. The van der Waals surface area contributed by atoms with Crippen LogP contribution in [-0.2, 0) is 11.3 Å². The van der Waals surface area contributed by atoms with Crippen molar-refractivity contribution in [3.8, 4) is 0 Å². The zero-order valence-corrected chi connectivity index (χ0v) is 18.6. The van der Waals surface area contributed by atoms with Crippen LogP contribution in [0.5, 0.6) is 0 Å². The molecule has 0 fully saturated rings. The van der Waals surface area contributed by atoms with Gasteiger partial charge in [-0.3, -0.25) is 4.99 Å². The first-order chi connectivity index (χ1) is 12.1. The van der Waals surface area contributed by atoms with Crippen LogP contribution in [0.2, 0.25) is 0 Å². The van der Waals surface area contributed by atoms with E-state index >= 15 is 0 Å². The van der Waals surface area contributed by atoms with E-state index in [1.54, 1.807) is 7.05 Å². The maximum Gasteiger partial charge on any atom is 0.191 e. The molecule has 7 heteroatoms. The van der Waals surface area contributed by atoms with Gasteiger partial charge in [0.15, 0.2) is 5.96 Å². The molecule has 0 aliphatic heterocycles. The summed E-state index contributed by atoms with van der Waals surface area (Å²) in [5, 5.41) is 6.62. The Morgan fingerprint density at radius 2 is 1.92 bits per heavy atom. The second-order valence-electron chi connectivity index (χ2n) is 6.52. The molecule has 0 saturated carbocycles. The first kappa shape index (κ1) is 22.7. The molecule has 0 aliphatic rings. The molecule has 0 aliphatic carbocycles. The molecule has 0 radical (unpaired) electrons. The predicted molar refractivity (Wildman–Crippen MR) is 120 cm³/mol. The van der Waals surface area contributed by atoms with Gasteiger partial charge in [0.1, 0.15) is 5.82 Å². The number of imidazole rings is 1. The molecule has 0 saturated heterocycles. The number of nitrogens with one attached hydrogen (secondary N) is 2. The Labute approximate surface area is 173 Å². The van der Waals surface area contributed by atoms with Crippen molar-refractivity contribution in [2.24, 2.45) is 10.9 Å². The number of aromatic nitrogens is 2. The second-order valence-corrected chi connectivity index (χ2v) is 6.52. The topological polar surface area (TPSA) is 63.5 Å². The van der Waals surface area contributed by atoms with E-state index < -0.39 is 0 Å². The molecule has 0 atom stereocenters. The van der Waals surface area contributed by atoms with Gasteiger partial charge in [-0.15, -0.1) is 24.0 Å². The molecular weight excluding hydrogens is 441 g/mol. The number of nitrogens with zero attached hydrogens (tertiary/aromatic N) is 3. The maximum atomic E-state index is 5.61. The minimum absolute atomic E-state index is 0. The van der Waals surface area contributed by atoms with E-state index in [0.717, 1.165) is 50.0 Å². The number of rotatable bonds is 9. The van der Waals surface area contributed by atoms with Crippen LogP contribution < -0.4 is 10.6 Å². The maximum absolute atomic E-state index is 5.61. The lowest BCUT2D eigenvalue weighted by Crippen LogP contribution is -2.40. The predicted octanol–water partition coefficient (Wildman–Crippen LogP) is 3.19. The van der Waals surface area contributed by atoms with Crippen LogP contribution in [-0.4, -0.2) is 48.9 Å². The summed E-state index contributed by atoms with van der Waals surface area (Å²) in [6.07, 6.45) is 1.10. The van der Waals surface area contributed by atoms with Crippen LogP contribution >= 0.6 is 24.0 Å². The molecule has 1 heterocycles. The Morgan fingerprint density at radius 1 is 1.19 bits per heavy atom. The van der Waals surface area contributed by atoms with Crippen molar-refractivity contribution in [3.63, 3.8) is 0 Å². The summed E-state index contributed by atoms with van der Waals surface area (Å²) in [4.78, 5) is 8.85. The SMILES string of the molecule is CN=C(NCCOCCC(C)C)NCCn1c(C)nc2ccccc21.I. The molecule has 1 aromatic heterocycles. The number of halogens is 1. The third-order valence-corrected chi connectivity index (χ3v) is 4.08. The Bertz CT molecular complexity index is 684. The number of ether oxygens (including phenoxy) is 1. The quantitative estimate of drug-likeness (QED) is 0.254. The largest absolute Gasteiger partial charge is 0.380 e. The molecular formula is C19H32IN5O. The highest BCUT2D eigenvalue weighted by Crippen LogP contribution is 2.14. The number of para-hydroxylation sites is 2. The van der Waals surface area contributed by atoms with Crippen molar-refractivity contribution in [2.45, 2.75) is 33.7 Å². The van der Waals surface area contributed by atoms with E-state index in [4.69, 9.17) is 4.74 Å². The van der Waals surface area contributed by atoms with Crippen LogP contribution in [0, 0.1) is 12.8 Å². The van der Waals surface area contributed by atoms with Crippen molar-refractivity contribution in [1.29, 1.82) is 0 Å². The summed E-state index contributed by atoms with van der Waals surface area (Å²) in [5.41, 5.74) is 2.21. The van der Waals surface area contributed by atoms with E-state index in [2.05, 4.69) is 45.1 Å². The first-order valence-corrected chi connectivity index (χ1v) is 9.06. The molecule has 0 spiro atoms. The summed E-state index contributed by atoms with van der Waals surface area (Å²) in [7, 11) is 1.78. The second kappa shape index (κ2) is 12.1. The fourth-order valence-electron chi connectivity index (χ4n) is 2.65. The molecule has 26 heavy (non-hydrogen) atoms. The number of aliphatic imine (C=N–C) groups is 1. The van der Waals surface area contributed by atoms with Gasteiger partial charge in [-0.1, -0.05) is 26.0 Å². The highest BCUT2D eigenvalue weighted by molar-refractivity contribution is 14.0. The molecule has 6 nitrogen and oxygen atoms in total. The van der Waals surface area contributed by atoms with Crippen LogP contribution in [0.3, 0.4) is 0 Å². The number of aryl methyl sites for hydroxylation is 1. The lowest BCUT2D eigenvalue weighted by molar-refractivity contribution is 0.128. The van der Waals surface area contributed by atoms with Gasteiger partial charge in [0.25, 0.3) is 0 Å². The van der Waals surface area contributed by atoms with Gasteiger partial charge in [0.05, 0.1) is 17.6 Å². The smallest absolute Gasteiger partial charge is 0.191 e. The van der Waals surface area contributed by atoms with Crippen molar-refractivity contribution >= 4 is 41.0 Å². The molecule has 0 unspecified atom stereocenters. The summed E-state index contributed by atoms with van der Waals surface area (Å²) in [5.74, 6) is 2.52. The first-order valence-electron chi connectivity index (χ1n) is 9.06. The summed E-state index contributed by atoms with van der Waals surface area (Å²) < 4.78 is 7.84. The summed E-state index contributed by atoms with van der Waals surface area (Å²) in [6, 6.07) is 8.22. The van der Waals surface area contributed by atoms with E-state index in [1.807, 2.05) is 25.1 Å². The standard InChI is InChI=1S/C19H31N5O.HI/c1-15(2)9-13-25-14-11-22-19(20-4)21-10-12-24-16(3)23-17-7-5-6-8-18(17)24;/h5-8,15H,9-14H2,1-4H3,(H2,20,21,22);1H. The van der Waals surface area contributed by atoms with Crippen molar-refractivity contribution in [3.05, 3.63) is 30.1 Å². The number of benzene rings is 1. The minimum atomic E-state index is 0. The molecule has 2 aromatic rings. The van der Waals surface area contributed by atoms with Gasteiger partial charge >= 0.3 is 0 Å². The van der Waals surface area contributed by atoms with E-state index in [0.29, 0.717) is 12.5 Å². The molecule has 2 rings (SSSR count). The Hall–Kier alpha value is -1.35. The molecule has 0 bridgehead atoms. The average molecular weight is 473 g/mol. The van der Waals surface area contributed by atoms with Crippen molar-refractivity contribution in [1.82, 2.24) is 20.2 Å². The normalized spacial score (nSPS) is 11.7. The molecule has 2 N–H and O–H groups in total. The van der Waals surface area contributed by atoms with E-state index in [9.17, 15) is 0 Å². The average Bonchev–Trinajstić information content (AvgIpc) is 2.91. The fraction of sp³-hybridized carbons (Fsp3) is 0.579. The number of hydrogen-bond acceptors (Lipinski definition) is 3. The molecule has 1 aromatic carbocycles. The van der Waals surface area contributed by atoms with Crippen LogP contribution in [0.1, 0.15) is 26.1 Å². The number of fused-ring (bicyclic) bond motifs is 1. The van der Waals surface area contributed by atoms with Gasteiger partial charge < -0.3 is 19.9 Å². The van der Waals surface area contributed by atoms with Crippen LogP contribution in [0.15, 0.2) is 29.3 Å². The highest BCUT2D eigenvalue weighted by atomic mass is 127. The van der Waals surface area contributed by atoms with Crippen molar-refractivity contribution in [2.75, 3.05) is 33.4 Å². The molecule has 0 amide bonds. The zero-order chi connectivity index (χ0) is 18.1. The highest BCUT2D eigenvalue weighted by Gasteiger charge is 2.06. The van der Waals surface area contributed by atoms with E-state index in [-0.39, 0.29) is 24.0 Å². The Morgan fingerprint density at radius 3 is 2.65 bits per heavy atom. The van der Waals surface area contributed by atoms with Gasteiger partial charge in [-0.25, -0.2) is 4.98 Å². The Kier molecular flexibility index (Phi) is 10.6. The van der Waals surface area contributed by atoms with Crippen molar-refractivity contribution < 1.29 is 4.74 Å².